The molecule has 0 N–H and O–H groups in total. The minimum atomic E-state index is -4.43. The Balaban J connectivity index is 2.24. The van der Waals surface area contributed by atoms with E-state index in [-0.39, 0.29) is 4.47 Å². The molecule has 0 unspecified atom stereocenters. The van der Waals surface area contributed by atoms with E-state index in [1.54, 1.807) is 0 Å². The van der Waals surface area contributed by atoms with Gasteiger partial charge in [-0.2, -0.15) is 18.3 Å². The van der Waals surface area contributed by atoms with Gasteiger partial charge in [0.25, 0.3) is 0 Å². The maximum atomic E-state index is 12.5. The van der Waals surface area contributed by atoms with Crippen LogP contribution in [0.15, 0.2) is 41.0 Å². The number of rotatable bonds is 2. The molecular weight excluding hydrogens is 297 g/mol. The van der Waals surface area contributed by atoms with Crippen molar-refractivity contribution in [3.05, 3.63) is 52.3 Å². The van der Waals surface area contributed by atoms with Crippen molar-refractivity contribution in [2.24, 2.45) is 0 Å². The summed E-state index contributed by atoms with van der Waals surface area (Å²) in [6.07, 6.45) is -3.10. The van der Waals surface area contributed by atoms with Gasteiger partial charge in [-0.1, -0.05) is 30.3 Å². The number of aromatic nitrogens is 2. The monoisotopic (exact) mass is 304 g/mol. The third-order valence-electron chi connectivity index (χ3n) is 2.17. The molecule has 0 atom stereocenters. The number of benzene rings is 1. The molecule has 0 saturated carbocycles. The Hall–Kier alpha value is -1.30. The summed E-state index contributed by atoms with van der Waals surface area (Å²) in [6, 6.07) is 9.19. The fourth-order valence-electron chi connectivity index (χ4n) is 1.44. The van der Waals surface area contributed by atoms with Crippen LogP contribution in [0.5, 0.6) is 0 Å². The van der Waals surface area contributed by atoms with Crippen molar-refractivity contribution in [1.82, 2.24) is 9.78 Å². The molecule has 1 aromatic heterocycles. The molecule has 0 aliphatic carbocycles. The van der Waals surface area contributed by atoms with Gasteiger partial charge in [0.1, 0.15) is 0 Å². The van der Waals surface area contributed by atoms with Gasteiger partial charge in [0, 0.05) is 6.20 Å². The third kappa shape index (κ3) is 2.88. The van der Waals surface area contributed by atoms with Gasteiger partial charge in [0.2, 0.25) is 0 Å². The summed E-state index contributed by atoms with van der Waals surface area (Å²) in [7, 11) is 0. The Morgan fingerprint density at radius 2 is 1.82 bits per heavy atom. The Bertz CT molecular complexity index is 505. The van der Waals surface area contributed by atoms with Gasteiger partial charge in [0.05, 0.1) is 11.0 Å². The topological polar surface area (TPSA) is 17.8 Å². The second kappa shape index (κ2) is 4.52. The van der Waals surface area contributed by atoms with Gasteiger partial charge in [0.15, 0.2) is 5.69 Å². The van der Waals surface area contributed by atoms with Crippen LogP contribution in [0.3, 0.4) is 0 Å². The molecule has 2 rings (SSSR count). The molecular formula is C11H8BrF3N2. The summed E-state index contributed by atoms with van der Waals surface area (Å²) in [5.74, 6) is 0. The minimum absolute atomic E-state index is 0.0408. The lowest BCUT2D eigenvalue weighted by atomic mass is 10.2. The Labute approximate surface area is 104 Å². The largest absolute Gasteiger partial charge is 0.436 e. The van der Waals surface area contributed by atoms with E-state index >= 15 is 0 Å². The molecule has 2 nitrogen and oxygen atoms in total. The van der Waals surface area contributed by atoms with E-state index < -0.39 is 11.9 Å². The van der Waals surface area contributed by atoms with Crippen LogP contribution in [-0.4, -0.2) is 9.78 Å². The maximum Gasteiger partial charge on any atom is 0.436 e. The molecule has 2 aromatic rings. The van der Waals surface area contributed by atoms with Crippen LogP contribution in [0.4, 0.5) is 13.2 Å². The second-order valence-electron chi connectivity index (χ2n) is 3.51. The van der Waals surface area contributed by atoms with E-state index in [0.29, 0.717) is 6.54 Å². The van der Waals surface area contributed by atoms with Crippen molar-refractivity contribution in [2.45, 2.75) is 12.7 Å². The molecule has 0 aliphatic rings. The van der Waals surface area contributed by atoms with Crippen molar-refractivity contribution in [3.63, 3.8) is 0 Å². The van der Waals surface area contributed by atoms with Gasteiger partial charge in [-0.3, -0.25) is 4.68 Å². The zero-order valence-electron chi connectivity index (χ0n) is 8.58. The molecule has 0 fully saturated rings. The predicted octanol–water partition coefficient (Wildman–Crippen LogP) is 3.71. The highest BCUT2D eigenvalue weighted by molar-refractivity contribution is 9.10. The summed E-state index contributed by atoms with van der Waals surface area (Å²) in [5, 5.41) is 3.52. The first-order valence-electron chi connectivity index (χ1n) is 4.81. The van der Waals surface area contributed by atoms with Crippen molar-refractivity contribution in [1.29, 1.82) is 0 Å². The van der Waals surface area contributed by atoms with Gasteiger partial charge in [-0.05, 0) is 21.5 Å². The molecule has 90 valence electrons. The van der Waals surface area contributed by atoms with Crippen LogP contribution < -0.4 is 0 Å². The Morgan fingerprint density at radius 1 is 1.18 bits per heavy atom. The Morgan fingerprint density at radius 3 is 2.35 bits per heavy atom. The van der Waals surface area contributed by atoms with Crippen LogP contribution in [0.1, 0.15) is 11.3 Å². The second-order valence-corrected chi connectivity index (χ2v) is 4.36. The zero-order valence-corrected chi connectivity index (χ0v) is 10.2. The molecule has 6 heteroatoms. The van der Waals surface area contributed by atoms with Crippen LogP contribution in [0.2, 0.25) is 0 Å². The van der Waals surface area contributed by atoms with Crippen molar-refractivity contribution in [3.8, 4) is 0 Å². The number of hydrogen-bond donors (Lipinski definition) is 0. The highest BCUT2D eigenvalue weighted by atomic mass is 79.9. The summed E-state index contributed by atoms with van der Waals surface area (Å²) in [5.41, 5.74) is 0.00431. The Kier molecular flexibility index (Phi) is 3.24. The van der Waals surface area contributed by atoms with E-state index in [1.165, 1.54) is 10.9 Å². The molecule has 0 amide bonds. The van der Waals surface area contributed by atoms with Gasteiger partial charge < -0.3 is 0 Å². The normalized spacial score (nSPS) is 11.8. The number of nitrogens with zero attached hydrogens (tertiary/aromatic N) is 2. The molecule has 0 spiro atoms. The quantitative estimate of drug-likeness (QED) is 0.827. The van der Waals surface area contributed by atoms with Crippen molar-refractivity contribution in [2.75, 3.05) is 0 Å². The van der Waals surface area contributed by atoms with Gasteiger partial charge in [-0.25, -0.2) is 0 Å². The van der Waals surface area contributed by atoms with Crippen molar-refractivity contribution >= 4 is 15.9 Å². The number of hydrogen-bond acceptors (Lipinski definition) is 1. The summed E-state index contributed by atoms with van der Waals surface area (Å²) >= 11 is 2.86. The summed E-state index contributed by atoms with van der Waals surface area (Å²) in [4.78, 5) is 0. The fraction of sp³-hybridized carbons (Fsp3) is 0.182. The zero-order chi connectivity index (χ0) is 12.5. The molecule has 17 heavy (non-hydrogen) atoms. The molecule has 0 bridgehead atoms. The van der Waals surface area contributed by atoms with Crippen LogP contribution in [0.25, 0.3) is 0 Å². The van der Waals surface area contributed by atoms with Crippen LogP contribution >= 0.6 is 15.9 Å². The van der Waals surface area contributed by atoms with Crippen LogP contribution in [0, 0.1) is 0 Å². The maximum absolute atomic E-state index is 12.5. The first kappa shape index (κ1) is 12.2. The highest BCUT2D eigenvalue weighted by Crippen LogP contribution is 2.33. The molecule has 1 heterocycles. The van der Waals surface area contributed by atoms with E-state index in [0.717, 1.165) is 5.56 Å². The standard InChI is InChI=1S/C11H8BrF3N2/c12-9-7-17(16-10(9)11(13,14)15)6-8-4-2-1-3-5-8/h1-5,7H,6H2. The van der Waals surface area contributed by atoms with E-state index in [1.807, 2.05) is 30.3 Å². The highest BCUT2D eigenvalue weighted by Gasteiger charge is 2.36. The van der Waals surface area contributed by atoms with Crippen LogP contribution in [-0.2, 0) is 12.7 Å². The molecule has 0 saturated heterocycles. The lowest BCUT2D eigenvalue weighted by Crippen LogP contribution is -2.08. The van der Waals surface area contributed by atoms with E-state index in [9.17, 15) is 13.2 Å². The average Bonchev–Trinajstić information content (AvgIpc) is 2.60. The van der Waals surface area contributed by atoms with Gasteiger partial charge >= 0.3 is 6.18 Å². The predicted molar refractivity (Wildman–Crippen MR) is 60.5 cm³/mol. The SMILES string of the molecule is FC(F)(F)c1nn(Cc2ccccc2)cc1Br. The fourth-order valence-corrected chi connectivity index (χ4v) is 1.98. The number of halogens is 4. The van der Waals surface area contributed by atoms with Gasteiger partial charge in [-0.15, -0.1) is 0 Å². The molecule has 1 aromatic carbocycles. The average molecular weight is 305 g/mol. The van der Waals surface area contributed by atoms with E-state index in [4.69, 9.17) is 0 Å². The van der Waals surface area contributed by atoms with Crippen molar-refractivity contribution < 1.29 is 13.2 Å². The minimum Gasteiger partial charge on any atom is -0.267 e. The summed E-state index contributed by atoms with van der Waals surface area (Å²) < 4.78 is 38.7. The lowest BCUT2D eigenvalue weighted by Gasteiger charge is -2.03. The molecule has 0 radical (unpaired) electrons. The first-order valence-corrected chi connectivity index (χ1v) is 5.60. The lowest BCUT2D eigenvalue weighted by molar-refractivity contribution is -0.142. The number of alkyl halides is 3. The summed E-state index contributed by atoms with van der Waals surface area (Å²) in [6.45, 7) is 0.315. The first-order chi connectivity index (χ1) is 7.97. The third-order valence-corrected chi connectivity index (χ3v) is 2.75. The molecule has 0 aliphatic heterocycles. The smallest absolute Gasteiger partial charge is 0.267 e. The van der Waals surface area contributed by atoms with E-state index in [2.05, 4.69) is 21.0 Å².